The molecule has 0 radical (unpaired) electrons. The first-order valence-corrected chi connectivity index (χ1v) is 7.61. The van der Waals surface area contributed by atoms with Crippen molar-refractivity contribution in [1.29, 1.82) is 0 Å². The summed E-state index contributed by atoms with van der Waals surface area (Å²) in [6.07, 6.45) is 5.95. The summed E-state index contributed by atoms with van der Waals surface area (Å²) in [5.41, 5.74) is 1.43. The van der Waals surface area contributed by atoms with Crippen molar-refractivity contribution in [1.82, 2.24) is 0 Å². The van der Waals surface area contributed by atoms with Crippen LogP contribution in [0.5, 0.6) is 0 Å². The standard InChI is InChI=1S/C21H18/c1-2-21(14-17-9-3-4-10-18(17)15-21)20-13-7-11-16-8-5-6-12-19(16)20/h3-15H,2H2,1H3. The third kappa shape index (κ3) is 1.83. The molecular weight excluding hydrogens is 252 g/mol. The Hall–Kier alpha value is -2.34. The van der Waals surface area contributed by atoms with E-state index in [2.05, 4.69) is 85.8 Å². The Balaban J connectivity index is 2.05. The average Bonchev–Trinajstić information content (AvgIpc) is 2.94. The Morgan fingerprint density at radius 3 is 2.05 bits per heavy atom. The zero-order chi connectivity index (χ0) is 14.3. The van der Waals surface area contributed by atoms with E-state index in [4.69, 9.17) is 0 Å². The molecule has 3 aromatic carbocycles. The molecule has 1 aliphatic carbocycles. The molecular formula is C21H18. The van der Waals surface area contributed by atoms with Gasteiger partial charge in [0.1, 0.15) is 0 Å². The SMILES string of the molecule is CCC1(c2cccc3ccccc23)C=c2ccccc2=C1. The number of hydrogen-bond donors (Lipinski definition) is 0. The van der Waals surface area contributed by atoms with E-state index in [1.54, 1.807) is 0 Å². The second-order valence-corrected chi connectivity index (χ2v) is 5.84. The summed E-state index contributed by atoms with van der Waals surface area (Å²) < 4.78 is 0. The maximum absolute atomic E-state index is 2.43. The fourth-order valence-electron chi connectivity index (χ4n) is 3.55. The second kappa shape index (κ2) is 4.60. The van der Waals surface area contributed by atoms with Gasteiger partial charge in [-0.3, -0.25) is 0 Å². The van der Waals surface area contributed by atoms with Crippen LogP contribution in [0.25, 0.3) is 22.9 Å². The fraction of sp³-hybridized carbons (Fsp3) is 0.143. The third-order valence-corrected chi connectivity index (χ3v) is 4.70. The molecule has 21 heavy (non-hydrogen) atoms. The van der Waals surface area contributed by atoms with Crippen LogP contribution in [0.4, 0.5) is 0 Å². The fourth-order valence-corrected chi connectivity index (χ4v) is 3.55. The molecule has 0 aromatic heterocycles. The van der Waals surface area contributed by atoms with Gasteiger partial charge >= 0.3 is 0 Å². The summed E-state index contributed by atoms with van der Waals surface area (Å²) in [6, 6.07) is 24.0. The van der Waals surface area contributed by atoms with E-state index in [-0.39, 0.29) is 5.41 Å². The van der Waals surface area contributed by atoms with Crippen LogP contribution in [0.2, 0.25) is 0 Å². The molecule has 3 aromatic rings. The van der Waals surface area contributed by atoms with Gasteiger partial charge in [-0.1, -0.05) is 85.8 Å². The normalized spacial score (nSPS) is 15.3. The highest BCUT2D eigenvalue weighted by Gasteiger charge is 2.29. The van der Waals surface area contributed by atoms with Gasteiger partial charge in [-0.15, -0.1) is 0 Å². The monoisotopic (exact) mass is 270 g/mol. The lowest BCUT2D eigenvalue weighted by Crippen LogP contribution is -2.19. The summed E-state index contributed by atoms with van der Waals surface area (Å²) in [7, 11) is 0. The van der Waals surface area contributed by atoms with E-state index in [9.17, 15) is 0 Å². The van der Waals surface area contributed by atoms with Crippen LogP contribution in [0, 0.1) is 0 Å². The Kier molecular flexibility index (Phi) is 2.71. The van der Waals surface area contributed by atoms with Crippen molar-refractivity contribution in [2.24, 2.45) is 0 Å². The van der Waals surface area contributed by atoms with Crippen LogP contribution in [0.3, 0.4) is 0 Å². The third-order valence-electron chi connectivity index (χ3n) is 4.70. The molecule has 0 bridgehead atoms. The zero-order valence-corrected chi connectivity index (χ0v) is 12.2. The number of rotatable bonds is 2. The van der Waals surface area contributed by atoms with Crippen LogP contribution in [-0.4, -0.2) is 0 Å². The van der Waals surface area contributed by atoms with Crippen LogP contribution >= 0.6 is 0 Å². The van der Waals surface area contributed by atoms with Crippen molar-refractivity contribution in [2.75, 3.05) is 0 Å². The smallest absolute Gasteiger partial charge is 0.0333 e. The van der Waals surface area contributed by atoms with Gasteiger partial charge in [0.2, 0.25) is 0 Å². The van der Waals surface area contributed by atoms with E-state index in [0.717, 1.165) is 6.42 Å². The molecule has 0 nitrogen and oxygen atoms in total. The molecule has 0 saturated carbocycles. The van der Waals surface area contributed by atoms with Gasteiger partial charge in [-0.25, -0.2) is 0 Å². The predicted octanol–water partition coefficient (Wildman–Crippen LogP) is 3.76. The van der Waals surface area contributed by atoms with E-state index in [1.807, 2.05) is 0 Å². The van der Waals surface area contributed by atoms with Crippen molar-refractivity contribution in [3.63, 3.8) is 0 Å². The maximum atomic E-state index is 2.43. The molecule has 0 fully saturated rings. The summed E-state index contributed by atoms with van der Waals surface area (Å²) in [6.45, 7) is 2.28. The first kappa shape index (κ1) is 12.4. The summed E-state index contributed by atoms with van der Waals surface area (Å²) >= 11 is 0. The molecule has 102 valence electrons. The Labute approximate surface area is 125 Å². The van der Waals surface area contributed by atoms with Gasteiger partial charge in [0.15, 0.2) is 0 Å². The highest BCUT2D eigenvalue weighted by Crippen LogP contribution is 2.37. The summed E-state index contributed by atoms with van der Waals surface area (Å²) in [5.74, 6) is 0. The minimum absolute atomic E-state index is 0.0184. The molecule has 0 heteroatoms. The van der Waals surface area contributed by atoms with Crippen molar-refractivity contribution < 1.29 is 0 Å². The number of benzene rings is 3. The van der Waals surface area contributed by atoms with Crippen molar-refractivity contribution >= 4 is 22.9 Å². The molecule has 1 aliphatic rings. The average molecular weight is 270 g/mol. The number of fused-ring (bicyclic) bond motifs is 2. The highest BCUT2D eigenvalue weighted by molar-refractivity contribution is 5.90. The largest absolute Gasteiger partial charge is 0.0639 e. The van der Waals surface area contributed by atoms with E-state index in [0.29, 0.717) is 0 Å². The first-order valence-electron chi connectivity index (χ1n) is 7.61. The molecule has 0 amide bonds. The Bertz CT molecular complexity index is 891. The van der Waals surface area contributed by atoms with Crippen LogP contribution < -0.4 is 10.4 Å². The molecule has 0 heterocycles. The van der Waals surface area contributed by atoms with Gasteiger partial charge in [-0.05, 0) is 33.2 Å². The predicted molar refractivity (Wildman–Crippen MR) is 90.5 cm³/mol. The quantitative estimate of drug-likeness (QED) is 0.665. The minimum atomic E-state index is 0.0184. The second-order valence-electron chi connectivity index (χ2n) is 5.84. The van der Waals surface area contributed by atoms with E-state index < -0.39 is 0 Å². The van der Waals surface area contributed by atoms with Gasteiger partial charge < -0.3 is 0 Å². The minimum Gasteiger partial charge on any atom is -0.0639 e. The lowest BCUT2D eigenvalue weighted by atomic mass is 9.77. The molecule has 0 saturated heterocycles. The van der Waals surface area contributed by atoms with E-state index >= 15 is 0 Å². The highest BCUT2D eigenvalue weighted by atomic mass is 14.3. The van der Waals surface area contributed by atoms with Gasteiger partial charge in [0, 0.05) is 5.41 Å². The maximum Gasteiger partial charge on any atom is 0.0333 e. The molecule has 0 N–H and O–H groups in total. The van der Waals surface area contributed by atoms with Gasteiger partial charge in [-0.2, -0.15) is 0 Å². The lowest BCUT2D eigenvalue weighted by Gasteiger charge is -2.26. The Morgan fingerprint density at radius 1 is 0.714 bits per heavy atom. The summed E-state index contributed by atoms with van der Waals surface area (Å²) in [5, 5.41) is 5.39. The summed E-state index contributed by atoms with van der Waals surface area (Å²) in [4.78, 5) is 0. The topological polar surface area (TPSA) is 0 Å². The molecule has 4 rings (SSSR count). The van der Waals surface area contributed by atoms with Gasteiger partial charge in [0.25, 0.3) is 0 Å². The molecule has 0 unspecified atom stereocenters. The van der Waals surface area contributed by atoms with E-state index in [1.165, 1.54) is 26.8 Å². The molecule has 0 spiro atoms. The van der Waals surface area contributed by atoms with Crippen LogP contribution in [-0.2, 0) is 5.41 Å². The van der Waals surface area contributed by atoms with Crippen LogP contribution in [0.1, 0.15) is 18.9 Å². The van der Waals surface area contributed by atoms with Crippen molar-refractivity contribution in [3.05, 3.63) is 82.7 Å². The molecule has 0 atom stereocenters. The first-order chi connectivity index (χ1) is 10.3. The Morgan fingerprint density at radius 2 is 1.33 bits per heavy atom. The van der Waals surface area contributed by atoms with Crippen molar-refractivity contribution in [2.45, 2.75) is 18.8 Å². The van der Waals surface area contributed by atoms with Gasteiger partial charge in [0.05, 0.1) is 0 Å². The zero-order valence-electron chi connectivity index (χ0n) is 12.2. The lowest BCUT2D eigenvalue weighted by molar-refractivity contribution is 0.728. The number of hydrogen-bond acceptors (Lipinski definition) is 0. The van der Waals surface area contributed by atoms with Crippen LogP contribution in [0.15, 0.2) is 66.7 Å². The van der Waals surface area contributed by atoms with Crippen molar-refractivity contribution in [3.8, 4) is 0 Å². The molecule has 0 aliphatic heterocycles.